The van der Waals surface area contributed by atoms with Crippen LogP contribution < -0.4 is 18.9 Å². The second kappa shape index (κ2) is 18.1. The highest BCUT2D eigenvalue weighted by Crippen LogP contribution is 2.34. The number of rotatable bonds is 21. The molecule has 2 aromatic rings. The molecular weight excluding hydrogens is 496 g/mol. The Kier molecular flexibility index (Phi) is 14.9. The van der Waals surface area contributed by atoms with Crippen molar-refractivity contribution in [3.63, 3.8) is 0 Å². The fraction of sp³-hybridized carbons (Fsp3) is 0.562. The van der Waals surface area contributed by atoms with E-state index in [-0.39, 0.29) is 18.6 Å². The minimum Gasteiger partial charge on any atom is -0.490 e. The van der Waals surface area contributed by atoms with Gasteiger partial charge >= 0.3 is 5.97 Å². The zero-order valence-electron chi connectivity index (χ0n) is 24.2. The molecule has 0 amide bonds. The molecule has 7 nitrogen and oxygen atoms in total. The zero-order valence-corrected chi connectivity index (χ0v) is 24.2. The van der Waals surface area contributed by atoms with E-state index in [0.717, 1.165) is 56.9 Å². The Bertz CT molecular complexity index is 1030. The van der Waals surface area contributed by atoms with Crippen LogP contribution in [-0.2, 0) is 17.6 Å². The standard InChI is InChI=1S/C32H46O7/c1-5-9-15-36-28-14-13-24(20-29(28)37-16-10-6-2)19-27(33)26-23-31(39-18-12-8-4)30(38-17-11-7-3)21-25(26)22-32(34)35/h13-14,20-21,23H,5-12,15-19,22H2,1-4H3,(H,34,35). The number of carbonyl (C=O) groups is 2. The van der Waals surface area contributed by atoms with E-state index in [1.54, 1.807) is 12.1 Å². The molecule has 0 bridgehead atoms. The first-order valence-electron chi connectivity index (χ1n) is 14.5. The molecular formula is C32H46O7. The van der Waals surface area contributed by atoms with E-state index in [9.17, 15) is 14.7 Å². The summed E-state index contributed by atoms with van der Waals surface area (Å²) in [5, 5.41) is 9.56. The van der Waals surface area contributed by atoms with Crippen LogP contribution in [0.3, 0.4) is 0 Å². The van der Waals surface area contributed by atoms with Gasteiger partial charge in [-0.1, -0.05) is 59.4 Å². The minimum absolute atomic E-state index is 0.0937. The monoisotopic (exact) mass is 542 g/mol. The highest BCUT2D eigenvalue weighted by atomic mass is 16.5. The van der Waals surface area contributed by atoms with Gasteiger partial charge in [0, 0.05) is 12.0 Å². The lowest BCUT2D eigenvalue weighted by Gasteiger charge is -2.17. The van der Waals surface area contributed by atoms with Crippen molar-refractivity contribution in [3.05, 3.63) is 47.0 Å². The maximum Gasteiger partial charge on any atom is 0.307 e. The highest BCUT2D eigenvalue weighted by molar-refractivity contribution is 6.00. The molecule has 0 aromatic heterocycles. The van der Waals surface area contributed by atoms with Gasteiger partial charge in [-0.25, -0.2) is 0 Å². The number of hydrogen-bond acceptors (Lipinski definition) is 6. The number of benzene rings is 2. The molecule has 0 heterocycles. The van der Waals surface area contributed by atoms with Crippen molar-refractivity contribution >= 4 is 11.8 Å². The van der Waals surface area contributed by atoms with Gasteiger partial charge in [-0.15, -0.1) is 0 Å². The summed E-state index contributed by atoms with van der Waals surface area (Å²) in [5.74, 6) is 1.04. The van der Waals surface area contributed by atoms with Gasteiger partial charge in [0.2, 0.25) is 0 Å². The van der Waals surface area contributed by atoms with Gasteiger partial charge in [-0.2, -0.15) is 0 Å². The van der Waals surface area contributed by atoms with Crippen molar-refractivity contribution in [2.45, 2.75) is 91.9 Å². The number of carbonyl (C=O) groups excluding carboxylic acids is 1. The number of ketones is 1. The molecule has 39 heavy (non-hydrogen) atoms. The Balaban J connectivity index is 2.37. The van der Waals surface area contributed by atoms with Gasteiger partial charge in [0.15, 0.2) is 28.8 Å². The second-order valence-electron chi connectivity index (χ2n) is 9.72. The predicted molar refractivity (Wildman–Crippen MR) is 154 cm³/mol. The van der Waals surface area contributed by atoms with E-state index in [4.69, 9.17) is 18.9 Å². The van der Waals surface area contributed by atoms with E-state index in [1.807, 2.05) is 18.2 Å². The highest BCUT2D eigenvalue weighted by Gasteiger charge is 2.20. The number of Topliss-reactive ketones (excluding diaryl/α,β-unsaturated/α-hetero) is 1. The summed E-state index contributed by atoms with van der Waals surface area (Å²) in [6.45, 7) is 10.5. The molecule has 0 radical (unpaired) electrons. The lowest BCUT2D eigenvalue weighted by atomic mass is 9.95. The second-order valence-corrected chi connectivity index (χ2v) is 9.72. The fourth-order valence-electron chi connectivity index (χ4n) is 3.88. The largest absolute Gasteiger partial charge is 0.490 e. The van der Waals surface area contributed by atoms with E-state index in [0.29, 0.717) is 60.6 Å². The van der Waals surface area contributed by atoms with Gasteiger partial charge < -0.3 is 24.1 Å². The van der Waals surface area contributed by atoms with Crippen molar-refractivity contribution in [2.75, 3.05) is 26.4 Å². The van der Waals surface area contributed by atoms with Crippen LogP contribution >= 0.6 is 0 Å². The topological polar surface area (TPSA) is 91.3 Å². The molecule has 1 N–H and O–H groups in total. The maximum atomic E-state index is 13.6. The Morgan fingerprint density at radius 1 is 0.615 bits per heavy atom. The van der Waals surface area contributed by atoms with Gasteiger partial charge in [-0.05, 0) is 61.1 Å². The molecule has 0 atom stereocenters. The molecule has 0 aliphatic rings. The van der Waals surface area contributed by atoms with E-state index in [1.165, 1.54) is 0 Å². The zero-order chi connectivity index (χ0) is 28.5. The molecule has 0 spiro atoms. The summed E-state index contributed by atoms with van der Waals surface area (Å²) in [6, 6.07) is 8.87. The Morgan fingerprint density at radius 3 is 1.56 bits per heavy atom. The number of carboxylic acids is 1. The van der Waals surface area contributed by atoms with Crippen LogP contribution in [0.5, 0.6) is 23.0 Å². The summed E-state index contributed by atoms with van der Waals surface area (Å²) in [5.41, 5.74) is 1.52. The number of ether oxygens (including phenoxy) is 4. The van der Waals surface area contributed by atoms with Crippen LogP contribution in [-0.4, -0.2) is 43.3 Å². The van der Waals surface area contributed by atoms with Crippen molar-refractivity contribution in [1.29, 1.82) is 0 Å². The number of aliphatic carboxylic acids is 1. The normalized spacial score (nSPS) is 10.8. The van der Waals surface area contributed by atoms with Crippen molar-refractivity contribution in [3.8, 4) is 23.0 Å². The molecule has 2 aromatic carbocycles. The SMILES string of the molecule is CCCCOc1ccc(CC(=O)c2cc(OCCCC)c(OCCCC)cc2CC(=O)O)cc1OCCCC. The molecule has 7 heteroatoms. The summed E-state index contributed by atoms with van der Waals surface area (Å²) < 4.78 is 23.8. The smallest absolute Gasteiger partial charge is 0.307 e. The first kappa shape index (κ1) is 32.0. The van der Waals surface area contributed by atoms with Crippen LogP contribution in [0.15, 0.2) is 30.3 Å². The molecule has 0 aliphatic carbocycles. The molecule has 0 fully saturated rings. The predicted octanol–water partition coefficient (Wildman–Crippen LogP) is 7.45. The average Bonchev–Trinajstić information content (AvgIpc) is 2.91. The van der Waals surface area contributed by atoms with Gasteiger partial charge in [0.25, 0.3) is 0 Å². The van der Waals surface area contributed by atoms with Crippen molar-refractivity contribution in [1.82, 2.24) is 0 Å². The van der Waals surface area contributed by atoms with E-state index >= 15 is 0 Å². The molecule has 216 valence electrons. The Hall–Kier alpha value is -3.22. The molecule has 0 aliphatic heterocycles. The lowest BCUT2D eigenvalue weighted by Crippen LogP contribution is -2.13. The van der Waals surface area contributed by atoms with Gasteiger partial charge in [-0.3, -0.25) is 9.59 Å². The van der Waals surface area contributed by atoms with Crippen molar-refractivity contribution in [2.24, 2.45) is 0 Å². The summed E-state index contributed by atoms with van der Waals surface area (Å²) >= 11 is 0. The third kappa shape index (κ3) is 11.2. The summed E-state index contributed by atoms with van der Waals surface area (Å²) in [7, 11) is 0. The van der Waals surface area contributed by atoms with Gasteiger partial charge in [0.1, 0.15) is 0 Å². The number of carboxylic acid groups (broad SMARTS) is 1. The maximum absolute atomic E-state index is 13.6. The quantitative estimate of drug-likeness (QED) is 0.129. The lowest BCUT2D eigenvalue weighted by molar-refractivity contribution is -0.136. The molecule has 0 saturated heterocycles. The van der Waals surface area contributed by atoms with E-state index in [2.05, 4.69) is 27.7 Å². The Morgan fingerprint density at radius 2 is 1.08 bits per heavy atom. The van der Waals surface area contributed by atoms with Crippen LogP contribution in [0, 0.1) is 0 Å². The number of hydrogen-bond donors (Lipinski definition) is 1. The molecule has 2 rings (SSSR count). The van der Waals surface area contributed by atoms with Crippen LogP contribution in [0.4, 0.5) is 0 Å². The first-order chi connectivity index (χ1) is 18.9. The van der Waals surface area contributed by atoms with Crippen molar-refractivity contribution < 1.29 is 33.6 Å². The third-order valence-corrected chi connectivity index (χ3v) is 6.21. The summed E-state index contributed by atoms with van der Waals surface area (Å²) in [4.78, 5) is 25.2. The minimum atomic E-state index is -1.01. The molecule has 0 saturated carbocycles. The van der Waals surface area contributed by atoms with E-state index < -0.39 is 5.97 Å². The average molecular weight is 543 g/mol. The van der Waals surface area contributed by atoms with Crippen LogP contribution in [0.2, 0.25) is 0 Å². The van der Waals surface area contributed by atoms with Gasteiger partial charge in [0.05, 0.1) is 32.8 Å². The first-order valence-corrected chi connectivity index (χ1v) is 14.5. The third-order valence-electron chi connectivity index (χ3n) is 6.21. The van der Waals surface area contributed by atoms with Crippen LogP contribution in [0.25, 0.3) is 0 Å². The number of unbranched alkanes of at least 4 members (excludes halogenated alkanes) is 4. The fourth-order valence-corrected chi connectivity index (χ4v) is 3.88. The summed E-state index contributed by atoms with van der Waals surface area (Å²) in [6.07, 6.45) is 7.39. The Labute approximate surface area is 233 Å². The van der Waals surface area contributed by atoms with Crippen LogP contribution in [0.1, 0.15) is 101 Å². The molecule has 0 unspecified atom stereocenters.